The predicted octanol–water partition coefficient (Wildman–Crippen LogP) is 6.46. The number of benzene rings is 2. The second kappa shape index (κ2) is 9.24. The van der Waals surface area contributed by atoms with Gasteiger partial charge >= 0.3 is 0 Å². The Bertz CT molecular complexity index is 1110. The second-order valence-electron chi connectivity index (χ2n) is 11.3. The van der Waals surface area contributed by atoms with Gasteiger partial charge in [-0.2, -0.15) is 0 Å². The first-order valence-electron chi connectivity index (χ1n) is 12.9. The highest BCUT2D eigenvalue weighted by Gasteiger charge is 2.51. The molecule has 2 aromatic rings. The van der Waals surface area contributed by atoms with Crippen molar-refractivity contribution in [2.45, 2.75) is 57.0 Å². The van der Waals surface area contributed by atoms with Gasteiger partial charge in [0.2, 0.25) is 5.91 Å². The number of halogens is 3. The smallest absolute Gasteiger partial charge is 0.226 e. The second-order valence-corrected chi connectivity index (χ2v) is 12.1. The first kappa shape index (κ1) is 23.6. The maximum absolute atomic E-state index is 13.7. The lowest BCUT2D eigenvalue weighted by Gasteiger charge is -2.41. The average molecular weight is 516 g/mol. The summed E-state index contributed by atoms with van der Waals surface area (Å²) in [5, 5.41) is 8.97. The van der Waals surface area contributed by atoms with E-state index in [9.17, 15) is 9.18 Å². The molecule has 4 nitrogen and oxygen atoms in total. The number of carbonyl (C=O) groups excluding carboxylic acids is 1. The minimum atomic E-state index is -0.253. The molecule has 0 aromatic heterocycles. The zero-order valence-corrected chi connectivity index (χ0v) is 21.4. The number of carbonyl (C=O) groups is 1. The maximum Gasteiger partial charge on any atom is 0.226 e. The Hall–Kier alpha value is -1.82. The molecule has 6 rings (SSSR count). The molecule has 4 unspecified atom stereocenters. The van der Waals surface area contributed by atoms with Gasteiger partial charge < -0.3 is 10.3 Å². The Labute approximate surface area is 216 Å². The molecule has 2 aromatic carbocycles. The van der Waals surface area contributed by atoms with Gasteiger partial charge in [-0.15, -0.1) is 0 Å². The van der Waals surface area contributed by atoms with Gasteiger partial charge in [-0.25, -0.2) is 9.40 Å². The lowest BCUT2D eigenvalue weighted by atomic mass is 9.73. The number of nitrogens with zero attached hydrogens (tertiary/aromatic N) is 2. The number of anilines is 1. The minimum absolute atomic E-state index is 0.0248. The van der Waals surface area contributed by atoms with Crippen molar-refractivity contribution in [2.24, 2.45) is 23.7 Å². The molecule has 4 fully saturated rings. The molecule has 7 heteroatoms. The van der Waals surface area contributed by atoms with Gasteiger partial charge in [-0.05, 0) is 85.8 Å². The molecule has 1 saturated heterocycles. The van der Waals surface area contributed by atoms with Crippen molar-refractivity contribution in [3.63, 3.8) is 0 Å². The highest BCUT2D eigenvalue weighted by molar-refractivity contribution is 6.36. The first-order valence-corrected chi connectivity index (χ1v) is 13.7. The molecule has 35 heavy (non-hydrogen) atoms. The van der Waals surface area contributed by atoms with Crippen LogP contribution in [0.25, 0.3) is 0 Å². The van der Waals surface area contributed by atoms with E-state index in [-0.39, 0.29) is 23.2 Å². The van der Waals surface area contributed by atoms with Gasteiger partial charge in [0.05, 0.1) is 16.6 Å². The highest BCUT2D eigenvalue weighted by Crippen LogP contribution is 2.55. The van der Waals surface area contributed by atoms with E-state index >= 15 is 0 Å². The summed E-state index contributed by atoms with van der Waals surface area (Å²) >= 11 is 12.7. The Morgan fingerprint density at radius 3 is 2.66 bits per heavy atom. The number of rotatable bonds is 5. The first-order chi connectivity index (χ1) is 16.9. The third-order valence-electron chi connectivity index (χ3n) is 8.89. The summed E-state index contributed by atoms with van der Waals surface area (Å²) in [4.78, 5) is 13.7. The molecule has 1 amide bonds. The van der Waals surface area contributed by atoms with Gasteiger partial charge in [0.1, 0.15) is 5.82 Å². The summed E-state index contributed by atoms with van der Waals surface area (Å²) in [6, 6.07) is 12.0. The topological polar surface area (TPSA) is 35.6 Å². The van der Waals surface area contributed by atoms with Gasteiger partial charge in [-0.1, -0.05) is 48.2 Å². The third-order valence-corrected chi connectivity index (χ3v) is 9.43. The van der Waals surface area contributed by atoms with Crippen molar-refractivity contribution in [3.8, 4) is 0 Å². The molecule has 1 N–H and O–H groups in total. The summed E-state index contributed by atoms with van der Waals surface area (Å²) in [5.41, 5.74) is 1.79. The fraction of sp³-hybridized carbons (Fsp3) is 0.536. The molecule has 0 radical (unpaired) electrons. The van der Waals surface area contributed by atoms with E-state index in [0.29, 0.717) is 29.7 Å². The molecule has 5 atom stereocenters. The number of fused-ring (bicyclic) bond motifs is 2. The van der Waals surface area contributed by atoms with Crippen molar-refractivity contribution < 1.29 is 9.18 Å². The summed E-state index contributed by atoms with van der Waals surface area (Å²) in [6.45, 7) is 1.72. The molecule has 3 bridgehead atoms. The minimum Gasteiger partial charge on any atom is -0.350 e. The van der Waals surface area contributed by atoms with E-state index < -0.39 is 0 Å². The number of amides is 1. The molecule has 4 aliphatic rings. The van der Waals surface area contributed by atoms with E-state index in [4.69, 9.17) is 23.2 Å². The third kappa shape index (κ3) is 4.68. The van der Waals surface area contributed by atoms with Crippen LogP contribution < -0.4 is 10.3 Å². The highest BCUT2D eigenvalue weighted by atomic mass is 35.5. The van der Waals surface area contributed by atoms with Crippen molar-refractivity contribution in [1.29, 1.82) is 0 Å². The molecular weight excluding hydrogens is 484 g/mol. The van der Waals surface area contributed by atoms with E-state index in [2.05, 4.69) is 15.3 Å². The molecule has 3 aliphatic carbocycles. The van der Waals surface area contributed by atoms with Crippen LogP contribution in [0.5, 0.6) is 0 Å². The molecule has 3 saturated carbocycles. The number of hydrogen-bond donors (Lipinski definition) is 1. The average Bonchev–Trinajstić information content (AvgIpc) is 3.32. The lowest BCUT2D eigenvalue weighted by Crippen LogP contribution is -2.53. The molecule has 186 valence electrons. The van der Waals surface area contributed by atoms with E-state index in [1.165, 1.54) is 37.8 Å². The summed E-state index contributed by atoms with van der Waals surface area (Å²) < 4.78 is 13.5. The van der Waals surface area contributed by atoms with Crippen LogP contribution in [-0.4, -0.2) is 29.5 Å². The Morgan fingerprint density at radius 1 is 1.06 bits per heavy atom. The quantitative estimate of drug-likeness (QED) is 0.496. The van der Waals surface area contributed by atoms with Gasteiger partial charge in [-0.3, -0.25) is 4.79 Å². The van der Waals surface area contributed by atoms with E-state index in [1.807, 2.05) is 12.1 Å². The summed E-state index contributed by atoms with van der Waals surface area (Å²) in [5.74, 6) is 2.18. The van der Waals surface area contributed by atoms with Gasteiger partial charge in [0.25, 0.3) is 0 Å². The zero-order chi connectivity index (χ0) is 24.2. The van der Waals surface area contributed by atoms with E-state index in [0.717, 1.165) is 48.3 Å². The standard InChI is InChI=1S/C28H32Cl2FN3O/c29-23-5-8-26(25(30)12-23)34-17-22(16-33(34)15-18-3-6-24(31)7-4-18)27(35)32-28-9-1-2-20-10-19(13-28)11-21(20)14-28/h3-8,12,19-22H,1-2,9-11,13-17H2,(H,32,35)/t19?,20?,21-,22?,28?/m0/s1. The van der Waals surface area contributed by atoms with Crippen molar-refractivity contribution >= 4 is 34.8 Å². The van der Waals surface area contributed by atoms with Crippen LogP contribution in [0.3, 0.4) is 0 Å². The maximum atomic E-state index is 13.7. The normalized spacial score (nSPS) is 32.1. The van der Waals surface area contributed by atoms with Crippen LogP contribution in [0, 0.1) is 29.5 Å². The molecular formula is C28H32Cl2FN3O. The Balaban J connectivity index is 1.23. The zero-order valence-electron chi connectivity index (χ0n) is 19.9. The number of hydrogen-bond acceptors (Lipinski definition) is 3. The Morgan fingerprint density at radius 2 is 1.86 bits per heavy atom. The molecule has 1 heterocycles. The predicted molar refractivity (Wildman–Crippen MR) is 138 cm³/mol. The fourth-order valence-corrected chi connectivity index (χ4v) is 7.98. The molecule has 0 spiro atoms. The van der Waals surface area contributed by atoms with Crippen molar-refractivity contribution in [2.75, 3.05) is 18.1 Å². The summed E-state index contributed by atoms with van der Waals surface area (Å²) in [7, 11) is 0. The molecule has 1 aliphatic heterocycles. The van der Waals surface area contributed by atoms with Gasteiger partial charge in [0, 0.05) is 30.2 Å². The van der Waals surface area contributed by atoms with Crippen LogP contribution in [0.15, 0.2) is 42.5 Å². The van der Waals surface area contributed by atoms with Crippen LogP contribution in [0.2, 0.25) is 10.0 Å². The monoisotopic (exact) mass is 515 g/mol. The van der Waals surface area contributed by atoms with E-state index in [1.54, 1.807) is 18.2 Å². The Kier molecular flexibility index (Phi) is 6.22. The summed E-state index contributed by atoms with van der Waals surface area (Å²) in [6.07, 6.45) is 8.68. The van der Waals surface area contributed by atoms with Gasteiger partial charge in [0.15, 0.2) is 0 Å². The number of hydrazine groups is 1. The van der Waals surface area contributed by atoms with Crippen LogP contribution in [0.1, 0.15) is 50.5 Å². The van der Waals surface area contributed by atoms with Crippen LogP contribution in [-0.2, 0) is 11.3 Å². The number of nitrogens with one attached hydrogen (secondary N) is 1. The SMILES string of the molecule is O=C(NC12CCCC3CC(C[C@H]3C1)C2)C1CN(Cc2ccc(F)cc2)N(c2ccc(Cl)cc2Cl)C1. The van der Waals surface area contributed by atoms with Crippen LogP contribution >= 0.6 is 23.2 Å². The van der Waals surface area contributed by atoms with Crippen LogP contribution in [0.4, 0.5) is 10.1 Å². The fourth-order valence-electron chi connectivity index (χ4n) is 7.47. The lowest BCUT2D eigenvalue weighted by molar-refractivity contribution is -0.127. The largest absolute Gasteiger partial charge is 0.350 e. The van der Waals surface area contributed by atoms with Crippen molar-refractivity contribution in [3.05, 3.63) is 63.9 Å². The van der Waals surface area contributed by atoms with Crippen molar-refractivity contribution in [1.82, 2.24) is 10.3 Å².